The van der Waals surface area contributed by atoms with Crippen molar-refractivity contribution in [3.63, 3.8) is 0 Å². The number of nitrogens with zero attached hydrogens (tertiary/aromatic N) is 4. The Balaban J connectivity index is 1.79. The molecule has 2 aromatic carbocycles. The first kappa shape index (κ1) is 19.1. The second kappa shape index (κ2) is 8.83. The predicted octanol–water partition coefficient (Wildman–Crippen LogP) is 5.29. The molecule has 3 rings (SSSR count). The molecule has 26 heavy (non-hydrogen) atoms. The normalized spacial score (nSPS) is 11.2. The lowest BCUT2D eigenvalue weighted by Gasteiger charge is -2.06. The van der Waals surface area contributed by atoms with Crippen LogP contribution in [0.25, 0.3) is 0 Å². The van der Waals surface area contributed by atoms with Crippen LogP contribution in [0.15, 0.2) is 61.7 Å². The molecule has 0 fully saturated rings. The summed E-state index contributed by atoms with van der Waals surface area (Å²) in [4.78, 5) is 0. The Hall–Kier alpha value is -1.64. The maximum Gasteiger partial charge on any atom is 0.212 e. The van der Waals surface area contributed by atoms with Crippen molar-refractivity contribution in [2.24, 2.45) is 5.10 Å². The molecule has 8 heteroatoms. The largest absolute Gasteiger partial charge is 0.496 e. The van der Waals surface area contributed by atoms with E-state index in [2.05, 4.69) is 59.3 Å². The molecule has 0 spiro atoms. The zero-order valence-corrected chi connectivity index (χ0v) is 18.2. The van der Waals surface area contributed by atoms with E-state index in [4.69, 9.17) is 4.74 Å². The van der Waals surface area contributed by atoms with Gasteiger partial charge in [0, 0.05) is 20.3 Å². The SMILES string of the molecule is COc1ccc(Br)cc1/C=N/n1c(C)nnc1SCc1ccc(Br)cc1. The zero-order valence-electron chi connectivity index (χ0n) is 14.2. The highest BCUT2D eigenvalue weighted by Crippen LogP contribution is 2.24. The van der Waals surface area contributed by atoms with Crippen LogP contribution < -0.4 is 4.74 Å². The number of aromatic nitrogens is 3. The van der Waals surface area contributed by atoms with Gasteiger partial charge in [-0.1, -0.05) is 55.8 Å². The van der Waals surface area contributed by atoms with Crippen LogP contribution >= 0.6 is 43.6 Å². The van der Waals surface area contributed by atoms with E-state index in [-0.39, 0.29) is 0 Å². The molecule has 1 heterocycles. The average molecular weight is 496 g/mol. The van der Waals surface area contributed by atoms with Crippen LogP contribution in [0.4, 0.5) is 0 Å². The molecule has 0 amide bonds. The minimum absolute atomic E-state index is 0.730. The van der Waals surface area contributed by atoms with Gasteiger partial charge in [-0.25, -0.2) is 0 Å². The van der Waals surface area contributed by atoms with E-state index in [0.29, 0.717) is 0 Å². The molecule has 0 aliphatic rings. The van der Waals surface area contributed by atoms with Gasteiger partial charge in [0.1, 0.15) is 5.75 Å². The lowest BCUT2D eigenvalue weighted by molar-refractivity contribution is 0.414. The third kappa shape index (κ3) is 4.75. The Bertz CT molecular complexity index is 925. The van der Waals surface area contributed by atoms with Crippen molar-refractivity contribution in [1.82, 2.24) is 14.9 Å². The van der Waals surface area contributed by atoms with Gasteiger partial charge in [0.15, 0.2) is 5.82 Å². The molecule has 0 aliphatic heterocycles. The monoisotopic (exact) mass is 494 g/mol. The van der Waals surface area contributed by atoms with Gasteiger partial charge in [0.2, 0.25) is 5.16 Å². The predicted molar refractivity (Wildman–Crippen MR) is 112 cm³/mol. The summed E-state index contributed by atoms with van der Waals surface area (Å²) in [7, 11) is 1.64. The highest BCUT2D eigenvalue weighted by Gasteiger charge is 2.09. The van der Waals surface area contributed by atoms with Gasteiger partial charge in [-0.15, -0.1) is 10.2 Å². The highest BCUT2D eigenvalue weighted by atomic mass is 79.9. The van der Waals surface area contributed by atoms with Crippen molar-refractivity contribution in [2.45, 2.75) is 17.8 Å². The molecular weight excluding hydrogens is 480 g/mol. The molecule has 0 unspecified atom stereocenters. The number of benzene rings is 2. The van der Waals surface area contributed by atoms with E-state index in [0.717, 1.165) is 37.0 Å². The fourth-order valence-electron chi connectivity index (χ4n) is 2.22. The van der Waals surface area contributed by atoms with Crippen LogP contribution in [0.5, 0.6) is 5.75 Å². The number of ether oxygens (including phenoxy) is 1. The Morgan fingerprint density at radius 3 is 2.58 bits per heavy atom. The van der Waals surface area contributed by atoms with Gasteiger partial charge in [-0.3, -0.25) is 0 Å². The number of hydrogen-bond donors (Lipinski definition) is 0. The molecule has 0 saturated heterocycles. The fourth-order valence-corrected chi connectivity index (χ4v) is 3.75. The molecule has 0 saturated carbocycles. The van der Waals surface area contributed by atoms with Crippen LogP contribution in [0.1, 0.15) is 17.0 Å². The van der Waals surface area contributed by atoms with E-state index in [9.17, 15) is 0 Å². The molecule has 1 aromatic heterocycles. The smallest absolute Gasteiger partial charge is 0.212 e. The molecule has 0 radical (unpaired) electrons. The second-order valence-electron chi connectivity index (χ2n) is 5.39. The molecule has 134 valence electrons. The summed E-state index contributed by atoms with van der Waals surface area (Å²) in [6.45, 7) is 1.88. The Morgan fingerprint density at radius 2 is 1.85 bits per heavy atom. The van der Waals surface area contributed by atoms with Gasteiger partial charge >= 0.3 is 0 Å². The van der Waals surface area contributed by atoms with E-state index in [1.807, 2.05) is 37.3 Å². The zero-order chi connectivity index (χ0) is 18.5. The molecular formula is C18H16Br2N4OS. The van der Waals surface area contributed by atoms with Gasteiger partial charge in [0.05, 0.1) is 13.3 Å². The Kier molecular flexibility index (Phi) is 6.50. The van der Waals surface area contributed by atoms with E-state index in [1.165, 1.54) is 5.56 Å². The highest BCUT2D eigenvalue weighted by molar-refractivity contribution is 9.10. The number of hydrogen-bond acceptors (Lipinski definition) is 5. The van der Waals surface area contributed by atoms with Crippen molar-refractivity contribution in [2.75, 3.05) is 7.11 Å². The molecule has 0 atom stereocenters. The summed E-state index contributed by atoms with van der Waals surface area (Å²) in [6.07, 6.45) is 1.75. The first-order valence-corrected chi connectivity index (χ1v) is 10.3. The molecule has 5 nitrogen and oxygen atoms in total. The molecule has 0 bridgehead atoms. The van der Waals surface area contributed by atoms with Gasteiger partial charge in [-0.05, 0) is 42.8 Å². The first-order valence-electron chi connectivity index (χ1n) is 7.74. The third-order valence-electron chi connectivity index (χ3n) is 3.55. The van der Waals surface area contributed by atoms with Crippen molar-refractivity contribution in [1.29, 1.82) is 0 Å². The summed E-state index contributed by atoms with van der Waals surface area (Å²) in [5, 5.41) is 13.7. The van der Waals surface area contributed by atoms with Gasteiger partial charge < -0.3 is 4.74 Å². The third-order valence-corrected chi connectivity index (χ3v) is 5.57. The minimum atomic E-state index is 0.730. The Labute approximate surface area is 173 Å². The van der Waals surface area contributed by atoms with Crippen LogP contribution in [0.2, 0.25) is 0 Å². The number of thioether (sulfide) groups is 1. The summed E-state index contributed by atoms with van der Waals surface area (Å²) in [6, 6.07) is 14.0. The number of rotatable bonds is 6. The van der Waals surface area contributed by atoms with Crippen molar-refractivity contribution in [3.05, 3.63) is 68.4 Å². The van der Waals surface area contributed by atoms with Crippen molar-refractivity contribution in [3.8, 4) is 5.75 Å². The lowest BCUT2D eigenvalue weighted by atomic mass is 10.2. The van der Waals surface area contributed by atoms with Gasteiger partial charge in [0.25, 0.3) is 0 Å². The van der Waals surface area contributed by atoms with Crippen LogP contribution in [-0.2, 0) is 5.75 Å². The maximum atomic E-state index is 5.38. The topological polar surface area (TPSA) is 52.3 Å². The number of aryl methyl sites for hydroxylation is 1. The van der Waals surface area contributed by atoms with Crippen LogP contribution in [0, 0.1) is 6.92 Å². The summed E-state index contributed by atoms with van der Waals surface area (Å²) in [5.74, 6) is 2.28. The number of halogens is 2. The summed E-state index contributed by atoms with van der Waals surface area (Å²) in [5.41, 5.74) is 2.09. The maximum absolute atomic E-state index is 5.38. The van der Waals surface area contributed by atoms with E-state index >= 15 is 0 Å². The molecule has 0 N–H and O–H groups in total. The van der Waals surface area contributed by atoms with Crippen LogP contribution in [0.3, 0.4) is 0 Å². The lowest BCUT2D eigenvalue weighted by Crippen LogP contribution is -1.98. The summed E-state index contributed by atoms with van der Waals surface area (Å²) >= 11 is 8.52. The van der Waals surface area contributed by atoms with Crippen molar-refractivity contribution >= 4 is 49.8 Å². The second-order valence-corrected chi connectivity index (χ2v) is 8.16. The number of methoxy groups -OCH3 is 1. The first-order chi connectivity index (χ1) is 12.6. The van der Waals surface area contributed by atoms with Gasteiger partial charge in [-0.2, -0.15) is 9.78 Å². The average Bonchev–Trinajstić information content (AvgIpc) is 2.99. The fraction of sp³-hybridized carbons (Fsp3) is 0.167. The standard InChI is InChI=1S/C18H16Br2N4OS/c1-12-22-23-18(26-11-13-3-5-15(19)6-4-13)24(12)21-10-14-9-16(20)7-8-17(14)25-2/h3-10H,11H2,1-2H3/b21-10+. The Morgan fingerprint density at radius 1 is 1.12 bits per heavy atom. The summed E-state index contributed by atoms with van der Waals surface area (Å²) < 4.78 is 9.15. The van der Waals surface area contributed by atoms with E-state index < -0.39 is 0 Å². The van der Waals surface area contributed by atoms with Crippen molar-refractivity contribution < 1.29 is 4.74 Å². The molecule has 3 aromatic rings. The molecule has 0 aliphatic carbocycles. The van der Waals surface area contributed by atoms with Crippen LogP contribution in [-0.4, -0.2) is 28.2 Å². The quantitative estimate of drug-likeness (QED) is 0.344. The van der Waals surface area contributed by atoms with E-state index in [1.54, 1.807) is 29.8 Å². The minimum Gasteiger partial charge on any atom is -0.496 e.